The molecule has 0 aromatic heterocycles. The van der Waals surface area contributed by atoms with Crippen LogP contribution in [0.15, 0.2) is 35.5 Å². The summed E-state index contributed by atoms with van der Waals surface area (Å²) < 4.78 is 0. The summed E-state index contributed by atoms with van der Waals surface area (Å²) in [5, 5.41) is -1.07. The molecule has 0 amide bonds. The van der Waals surface area contributed by atoms with E-state index in [0.717, 1.165) is 0 Å². The Morgan fingerprint density at radius 3 is 1.39 bits per heavy atom. The molecule has 0 aromatic carbocycles. The third-order valence-electron chi connectivity index (χ3n) is 1.78. The zero-order valence-corrected chi connectivity index (χ0v) is 13.0. The van der Waals surface area contributed by atoms with E-state index in [1.54, 1.807) is 12.2 Å². The first kappa shape index (κ1) is 19.5. The lowest BCUT2D eigenvalue weighted by Crippen LogP contribution is -1.93. The number of hydrogen-bond donors (Lipinski definition) is 0. The molecule has 0 radical (unpaired) electrons. The van der Waals surface area contributed by atoms with Gasteiger partial charge >= 0.3 is 0 Å². The molecule has 2 nitrogen and oxygen atoms in total. The predicted molar refractivity (Wildman–Crippen MR) is 78.9 cm³/mol. The summed E-state index contributed by atoms with van der Waals surface area (Å²) in [5.74, 6) is -0.0413. The van der Waals surface area contributed by atoms with E-state index in [1.165, 1.54) is 12.2 Å². The quantitative estimate of drug-likeness (QED) is 0.695. The summed E-state index contributed by atoms with van der Waals surface area (Å²) in [4.78, 5) is 21.8. The van der Waals surface area contributed by atoms with Gasteiger partial charge in [0.05, 0.1) is 0 Å². The van der Waals surface area contributed by atoms with Crippen molar-refractivity contribution in [1.29, 1.82) is 0 Å². The maximum atomic E-state index is 10.9. The van der Waals surface area contributed by atoms with E-state index in [-0.39, 0.29) is 5.92 Å². The zero-order chi connectivity index (χ0) is 14.7. The molecule has 1 aliphatic carbocycles. The normalized spacial score (nSPS) is 13.9. The summed E-state index contributed by atoms with van der Waals surface area (Å²) in [6, 6.07) is 0. The molecule has 0 saturated heterocycles. The van der Waals surface area contributed by atoms with Crippen LogP contribution in [-0.4, -0.2) is 10.5 Å². The monoisotopic (exact) mass is 290 g/mol. The Hall–Kier alpha value is -0.860. The molecule has 18 heavy (non-hydrogen) atoms. The molecular weight excluding hydrogens is 271 g/mol. The minimum absolute atomic E-state index is 0.0413. The highest BCUT2D eigenvalue weighted by atomic mass is 35.5. The molecule has 0 bridgehead atoms. The summed E-state index contributed by atoms with van der Waals surface area (Å²) in [5.41, 5.74) is 0.756. The molecule has 0 atom stereocenters. The third kappa shape index (κ3) is 7.46. The fraction of sp³-hybridized carbons (Fsp3) is 0.429. The number of halogens is 2. The second kappa shape index (κ2) is 11.2. The molecule has 0 saturated carbocycles. The van der Waals surface area contributed by atoms with Gasteiger partial charge in [-0.15, -0.1) is 0 Å². The smallest absolute Gasteiger partial charge is 0.252 e. The summed E-state index contributed by atoms with van der Waals surface area (Å²) in [6.45, 7) is 9.84. The van der Waals surface area contributed by atoms with Crippen LogP contribution < -0.4 is 0 Å². The van der Waals surface area contributed by atoms with Crippen LogP contribution in [0.1, 0.15) is 34.6 Å². The first-order valence-corrected chi connectivity index (χ1v) is 6.77. The fourth-order valence-corrected chi connectivity index (χ4v) is 1.42. The fourth-order valence-electron chi connectivity index (χ4n) is 1.17. The molecular formula is C14H20Cl2O2. The van der Waals surface area contributed by atoms with Gasteiger partial charge in [-0.1, -0.05) is 46.8 Å². The first-order chi connectivity index (χ1) is 8.50. The molecule has 0 N–H and O–H groups in total. The van der Waals surface area contributed by atoms with Gasteiger partial charge in [-0.25, -0.2) is 0 Å². The summed E-state index contributed by atoms with van der Waals surface area (Å²) >= 11 is 10.6. The molecule has 1 rings (SSSR count). The average Bonchev–Trinajstić information content (AvgIpc) is 2.56. The van der Waals surface area contributed by atoms with Crippen LogP contribution in [0.3, 0.4) is 0 Å². The molecule has 0 heterocycles. The Bertz CT molecular complexity index is 332. The second-order valence-electron chi connectivity index (χ2n) is 2.98. The van der Waals surface area contributed by atoms with Crippen molar-refractivity contribution < 1.29 is 9.59 Å². The topological polar surface area (TPSA) is 34.1 Å². The van der Waals surface area contributed by atoms with Crippen molar-refractivity contribution in [3.63, 3.8) is 0 Å². The first-order valence-electron chi connectivity index (χ1n) is 6.02. The minimum atomic E-state index is -0.537. The number of carbonyl (C=O) groups is 2. The van der Waals surface area contributed by atoms with E-state index >= 15 is 0 Å². The van der Waals surface area contributed by atoms with Crippen molar-refractivity contribution in [3.8, 4) is 0 Å². The van der Waals surface area contributed by atoms with Crippen LogP contribution in [-0.2, 0) is 9.59 Å². The van der Waals surface area contributed by atoms with Gasteiger partial charge in [0.15, 0.2) is 0 Å². The number of rotatable bonds is 2. The maximum absolute atomic E-state index is 10.9. The van der Waals surface area contributed by atoms with Crippen LogP contribution in [0.25, 0.3) is 0 Å². The summed E-state index contributed by atoms with van der Waals surface area (Å²) in [7, 11) is 0. The van der Waals surface area contributed by atoms with Crippen LogP contribution in [0.4, 0.5) is 0 Å². The second-order valence-corrected chi connectivity index (χ2v) is 3.67. The molecule has 4 heteroatoms. The molecule has 0 aromatic rings. The average molecular weight is 291 g/mol. The Kier molecular flexibility index (Phi) is 12.2. The maximum Gasteiger partial charge on any atom is 0.252 e. The van der Waals surface area contributed by atoms with Crippen molar-refractivity contribution in [1.82, 2.24) is 0 Å². The van der Waals surface area contributed by atoms with Gasteiger partial charge in [0, 0.05) is 11.1 Å². The van der Waals surface area contributed by atoms with E-state index in [9.17, 15) is 9.59 Å². The number of carbonyl (C=O) groups excluding carboxylic acids is 2. The minimum Gasteiger partial charge on any atom is -0.276 e. The van der Waals surface area contributed by atoms with Gasteiger partial charge < -0.3 is 0 Å². The van der Waals surface area contributed by atoms with Gasteiger partial charge in [0.25, 0.3) is 10.5 Å². The highest BCUT2D eigenvalue weighted by Gasteiger charge is 2.11. The standard InChI is InChI=1S/C10H8Cl2O2.2C2H6/c1-6-4-7(9(11)13)2-3-8(5-6)10(12)14;2*1-2/h2-6H,1H3;2*1-2H3. The molecule has 0 unspecified atom stereocenters. The lowest BCUT2D eigenvalue weighted by atomic mass is 10.1. The third-order valence-corrected chi connectivity index (χ3v) is 2.22. The lowest BCUT2D eigenvalue weighted by Gasteiger charge is -1.98. The predicted octanol–water partition coefficient (Wildman–Crippen LogP) is 4.63. The van der Waals surface area contributed by atoms with Gasteiger partial charge in [-0.3, -0.25) is 9.59 Å². The molecule has 1 aliphatic rings. The van der Waals surface area contributed by atoms with Gasteiger partial charge in [0.2, 0.25) is 0 Å². The van der Waals surface area contributed by atoms with E-state index < -0.39 is 10.5 Å². The van der Waals surface area contributed by atoms with Gasteiger partial charge in [0.1, 0.15) is 0 Å². The molecule has 0 fully saturated rings. The highest BCUT2D eigenvalue weighted by Crippen LogP contribution is 2.18. The molecule has 0 aliphatic heterocycles. The highest BCUT2D eigenvalue weighted by molar-refractivity contribution is 6.68. The Labute approximate surface area is 119 Å². The van der Waals surface area contributed by atoms with Crippen molar-refractivity contribution in [2.24, 2.45) is 5.92 Å². The Balaban J connectivity index is 0. The van der Waals surface area contributed by atoms with Gasteiger partial charge in [-0.2, -0.15) is 0 Å². The Morgan fingerprint density at radius 1 is 0.889 bits per heavy atom. The number of hydrogen-bond acceptors (Lipinski definition) is 2. The van der Waals surface area contributed by atoms with Crippen LogP contribution in [0.2, 0.25) is 0 Å². The van der Waals surface area contributed by atoms with Crippen LogP contribution >= 0.6 is 23.2 Å². The van der Waals surface area contributed by atoms with E-state index in [4.69, 9.17) is 23.2 Å². The lowest BCUT2D eigenvalue weighted by molar-refractivity contribution is -0.109. The van der Waals surface area contributed by atoms with Crippen molar-refractivity contribution in [2.75, 3.05) is 0 Å². The van der Waals surface area contributed by atoms with Crippen molar-refractivity contribution in [3.05, 3.63) is 35.5 Å². The van der Waals surface area contributed by atoms with E-state index in [2.05, 4.69) is 0 Å². The van der Waals surface area contributed by atoms with Crippen molar-refractivity contribution >= 4 is 33.7 Å². The van der Waals surface area contributed by atoms with E-state index in [0.29, 0.717) is 11.1 Å². The molecule has 102 valence electrons. The van der Waals surface area contributed by atoms with Crippen molar-refractivity contribution in [2.45, 2.75) is 34.6 Å². The SMILES string of the molecule is CC.CC.CC1C=C(C(=O)Cl)C=CC(C(=O)Cl)=C1. The Morgan fingerprint density at radius 2 is 1.17 bits per heavy atom. The van der Waals surface area contributed by atoms with Crippen LogP contribution in [0.5, 0.6) is 0 Å². The summed E-state index contributed by atoms with van der Waals surface area (Å²) in [6.07, 6.45) is 6.34. The molecule has 0 spiro atoms. The van der Waals surface area contributed by atoms with Crippen LogP contribution in [0, 0.1) is 5.92 Å². The largest absolute Gasteiger partial charge is 0.276 e. The number of allylic oxidation sites excluding steroid dienone is 6. The van der Waals surface area contributed by atoms with Gasteiger partial charge in [-0.05, 0) is 41.3 Å². The zero-order valence-electron chi connectivity index (χ0n) is 11.5. The van der Waals surface area contributed by atoms with E-state index in [1.807, 2.05) is 34.6 Å².